The molecule has 1 aromatic carbocycles. The van der Waals surface area contributed by atoms with Crippen molar-refractivity contribution in [3.63, 3.8) is 0 Å². The number of ether oxygens (including phenoxy) is 1. The van der Waals surface area contributed by atoms with Gasteiger partial charge in [-0.2, -0.15) is 18.3 Å². The third kappa shape index (κ3) is 5.41. The van der Waals surface area contributed by atoms with Crippen LogP contribution in [0.1, 0.15) is 53.6 Å². The van der Waals surface area contributed by atoms with Crippen molar-refractivity contribution >= 4 is 17.5 Å². The topological polar surface area (TPSA) is 121 Å². The zero-order valence-corrected chi connectivity index (χ0v) is 23.1. The molecule has 1 unspecified atom stereocenters. The highest BCUT2D eigenvalue weighted by molar-refractivity contribution is 5.87. The molecule has 0 radical (unpaired) electrons. The summed E-state index contributed by atoms with van der Waals surface area (Å²) in [6.45, 7) is 3.79. The molecule has 3 aromatic heterocycles. The predicted molar refractivity (Wildman–Crippen MR) is 146 cm³/mol. The molecule has 0 amide bonds. The largest absolute Gasteiger partial charge is 0.439 e. The number of rotatable bonds is 9. The fourth-order valence-corrected chi connectivity index (χ4v) is 4.90. The van der Waals surface area contributed by atoms with Crippen LogP contribution in [0.5, 0.6) is 0 Å². The Kier molecular flexibility index (Phi) is 7.67. The second-order valence-electron chi connectivity index (χ2n) is 9.85. The number of fused-ring (bicyclic) bond motifs is 1. The van der Waals surface area contributed by atoms with Crippen molar-refractivity contribution in [3.8, 4) is 0 Å². The number of carbonyl (C=O) groups excluding carboxylic acids is 1. The minimum absolute atomic E-state index is 0.0568. The van der Waals surface area contributed by atoms with Crippen molar-refractivity contribution in [2.45, 2.75) is 52.2 Å². The summed E-state index contributed by atoms with van der Waals surface area (Å²) < 4.78 is 50.8. The monoisotopic (exact) mass is 586 g/mol. The lowest BCUT2D eigenvalue weighted by Crippen LogP contribution is -2.42. The van der Waals surface area contributed by atoms with Gasteiger partial charge in [0.25, 0.3) is 5.56 Å². The molecular weight excluding hydrogens is 557 g/mol. The number of nitrogens with one attached hydrogen (secondary N) is 1. The zero-order valence-electron chi connectivity index (χ0n) is 23.1. The summed E-state index contributed by atoms with van der Waals surface area (Å²) in [6, 6.07) is 4.96. The summed E-state index contributed by atoms with van der Waals surface area (Å²) in [5.41, 5.74) is -0.619. The van der Waals surface area contributed by atoms with E-state index >= 15 is 0 Å². The fraction of sp³-hybridized carbons (Fsp3) is 0.370. The molecule has 5 rings (SSSR count). The molecule has 4 heterocycles. The number of aromatic nitrogens is 6. The molecule has 0 saturated carbocycles. The summed E-state index contributed by atoms with van der Waals surface area (Å²) in [7, 11) is 1.71. The summed E-state index contributed by atoms with van der Waals surface area (Å²) in [6.07, 6.45) is 1.36. The SMILES string of the molecule is CCCn1c(=O)c2c(n(CC)c1=O)NC(c1cnn(Cc3cccc(C(F)(F)F)c3)c1)N2COC(=O)c1cn(C)cn1. The number of halogens is 3. The summed E-state index contributed by atoms with van der Waals surface area (Å²) in [5.74, 6) is -0.440. The van der Waals surface area contributed by atoms with E-state index in [1.54, 1.807) is 30.8 Å². The number of esters is 1. The zero-order chi connectivity index (χ0) is 30.2. The van der Waals surface area contributed by atoms with Gasteiger partial charge >= 0.3 is 17.8 Å². The van der Waals surface area contributed by atoms with Crippen LogP contribution in [0.2, 0.25) is 0 Å². The van der Waals surface area contributed by atoms with E-state index in [-0.39, 0.29) is 43.6 Å². The molecule has 222 valence electrons. The molecule has 1 N–H and O–H groups in total. The lowest BCUT2D eigenvalue weighted by atomic mass is 10.1. The number of nitrogens with zero attached hydrogens (tertiary/aromatic N) is 7. The first kappa shape index (κ1) is 28.7. The molecule has 0 aliphatic carbocycles. The highest BCUT2D eigenvalue weighted by atomic mass is 19.4. The van der Waals surface area contributed by atoms with Gasteiger partial charge in [-0.3, -0.25) is 18.6 Å². The number of hydrogen-bond donors (Lipinski definition) is 1. The van der Waals surface area contributed by atoms with Gasteiger partial charge in [0.05, 0.1) is 24.6 Å². The Bertz CT molecular complexity index is 1740. The maximum absolute atomic E-state index is 13.6. The van der Waals surface area contributed by atoms with E-state index in [2.05, 4.69) is 15.4 Å². The van der Waals surface area contributed by atoms with Crippen molar-refractivity contribution in [1.82, 2.24) is 28.5 Å². The Hall–Kier alpha value is -4.82. The Balaban J connectivity index is 1.50. The van der Waals surface area contributed by atoms with Gasteiger partial charge in [0.15, 0.2) is 12.4 Å². The minimum Gasteiger partial charge on any atom is -0.439 e. The molecule has 1 aliphatic rings. The van der Waals surface area contributed by atoms with E-state index in [1.807, 2.05) is 6.92 Å². The maximum atomic E-state index is 13.6. The average Bonchev–Trinajstić information content (AvgIpc) is 3.68. The van der Waals surface area contributed by atoms with Crippen LogP contribution < -0.4 is 21.5 Å². The first-order chi connectivity index (χ1) is 20.0. The van der Waals surface area contributed by atoms with Crippen molar-refractivity contribution < 1.29 is 22.7 Å². The van der Waals surface area contributed by atoms with Crippen LogP contribution in [-0.4, -0.2) is 41.2 Å². The minimum atomic E-state index is -4.47. The molecule has 0 bridgehead atoms. The summed E-state index contributed by atoms with van der Waals surface area (Å²) in [4.78, 5) is 45.0. The number of imidazole rings is 1. The van der Waals surface area contributed by atoms with Gasteiger partial charge in [-0.25, -0.2) is 14.6 Å². The lowest BCUT2D eigenvalue weighted by Gasteiger charge is -2.24. The number of carbonyl (C=O) groups is 1. The molecule has 42 heavy (non-hydrogen) atoms. The van der Waals surface area contributed by atoms with E-state index in [0.717, 1.165) is 16.7 Å². The van der Waals surface area contributed by atoms with Crippen molar-refractivity contribution in [1.29, 1.82) is 0 Å². The smallest absolute Gasteiger partial charge is 0.416 e. The molecule has 12 nitrogen and oxygen atoms in total. The summed E-state index contributed by atoms with van der Waals surface area (Å²) >= 11 is 0. The number of anilines is 2. The van der Waals surface area contributed by atoms with Crippen LogP contribution in [0.4, 0.5) is 24.7 Å². The molecule has 15 heteroatoms. The van der Waals surface area contributed by atoms with Gasteiger partial charge in [-0.1, -0.05) is 19.1 Å². The van der Waals surface area contributed by atoms with Crippen LogP contribution in [0.15, 0.2) is 58.8 Å². The first-order valence-electron chi connectivity index (χ1n) is 13.3. The van der Waals surface area contributed by atoms with Gasteiger partial charge in [0, 0.05) is 38.1 Å². The molecule has 4 aromatic rings. The van der Waals surface area contributed by atoms with Gasteiger partial charge in [-0.15, -0.1) is 0 Å². The van der Waals surface area contributed by atoms with Gasteiger partial charge in [0.2, 0.25) is 0 Å². The first-order valence-corrected chi connectivity index (χ1v) is 13.3. The van der Waals surface area contributed by atoms with Crippen molar-refractivity contribution in [2.75, 3.05) is 16.9 Å². The standard InChI is InChI=1S/C27H29F3N8O4/c1-4-9-37-24(39)21-23(36(5-2)26(37)41)33-22(38(21)16-42-25(40)20-14-34(3)15-31-20)18-11-32-35(13-18)12-17-7-6-8-19(10-17)27(28,29)30/h6-8,10-11,13-15,22,33H,4-5,9,12,16H2,1-3H3. The van der Waals surface area contributed by atoms with Crippen molar-refractivity contribution in [2.24, 2.45) is 7.05 Å². The molecule has 1 aliphatic heterocycles. The Morgan fingerprint density at radius 3 is 2.60 bits per heavy atom. The normalized spacial score (nSPS) is 14.6. The number of aryl methyl sites for hydroxylation is 1. The molecule has 0 fully saturated rings. The maximum Gasteiger partial charge on any atom is 0.416 e. The van der Waals surface area contributed by atoms with E-state index in [1.165, 1.54) is 38.9 Å². The second kappa shape index (κ2) is 11.2. The van der Waals surface area contributed by atoms with Crippen LogP contribution in [0.3, 0.4) is 0 Å². The lowest BCUT2D eigenvalue weighted by molar-refractivity contribution is -0.137. The third-order valence-corrected chi connectivity index (χ3v) is 6.86. The average molecular weight is 587 g/mol. The molecule has 0 saturated heterocycles. The fourth-order valence-electron chi connectivity index (χ4n) is 4.90. The van der Waals surface area contributed by atoms with E-state index in [9.17, 15) is 27.6 Å². The molecule has 0 spiro atoms. The number of benzene rings is 1. The van der Waals surface area contributed by atoms with E-state index in [0.29, 0.717) is 17.5 Å². The van der Waals surface area contributed by atoms with Crippen LogP contribution in [0, 0.1) is 0 Å². The van der Waals surface area contributed by atoms with Crippen LogP contribution >= 0.6 is 0 Å². The van der Waals surface area contributed by atoms with Gasteiger partial charge < -0.3 is 19.5 Å². The Labute approximate surface area is 237 Å². The molecular formula is C27H29F3N8O4. The van der Waals surface area contributed by atoms with E-state index < -0.39 is 35.1 Å². The van der Waals surface area contributed by atoms with Crippen molar-refractivity contribution in [3.05, 3.63) is 92.4 Å². The highest BCUT2D eigenvalue weighted by Crippen LogP contribution is 2.38. The predicted octanol–water partition coefficient (Wildman–Crippen LogP) is 3.18. The van der Waals surface area contributed by atoms with Gasteiger partial charge in [0.1, 0.15) is 17.7 Å². The van der Waals surface area contributed by atoms with E-state index in [4.69, 9.17) is 4.74 Å². The Morgan fingerprint density at radius 2 is 1.93 bits per heavy atom. The summed E-state index contributed by atoms with van der Waals surface area (Å²) in [5, 5.41) is 7.52. The second-order valence-corrected chi connectivity index (χ2v) is 9.85. The third-order valence-electron chi connectivity index (χ3n) is 6.86. The van der Waals surface area contributed by atoms with Crippen LogP contribution in [0.25, 0.3) is 0 Å². The Morgan fingerprint density at radius 1 is 1.14 bits per heavy atom. The van der Waals surface area contributed by atoms with Crippen LogP contribution in [-0.2, 0) is 37.6 Å². The highest BCUT2D eigenvalue weighted by Gasteiger charge is 2.38. The number of alkyl halides is 3. The van der Waals surface area contributed by atoms with Gasteiger partial charge in [-0.05, 0) is 31.0 Å². The quantitative estimate of drug-likeness (QED) is 0.297. The molecule has 1 atom stereocenters. The number of hydrogen-bond acceptors (Lipinski definition) is 8.